The zero-order valence-corrected chi connectivity index (χ0v) is 15.5. The molecule has 2 heterocycles. The SMILES string of the molecule is Nc1ncc(-c2ccc(S(=O)(=O)c3ccccc3)nc2)c(-c2ccccc2)n1. The molecule has 4 rings (SSSR count). The van der Waals surface area contributed by atoms with Gasteiger partial charge in [0.25, 0.3) is 0 Å². The summed E-state index contributed by atoms with van der Waals surface area (Å²) in [5.74, 6) is 0.166. The van der Waals surface area contributed by atoms with Crippen molar-refractivity contribution >= 4 is 15.8 Å². The molecule has 0 aliphatic heterocycles. The van der Waals surface area contributed by atoms with Gasteiger partial charge in [0, 0.05) is 29.1 Å². The van der Waals surface area contributed by atoms with E-state index in [9.17, 15) is 8.42 Å². The number of benzene rings is 2. The fraction of sp³-hybridized carbons (Fsp3) is 0. The summed E-state index contributed by atoms with van der Waals surface area (Å²) in [7, 11) is -3.67. The van der Waals surface area contributed by atoms with E-state index in [1.165, 1.54) is 12.3 Å². The summed E-state index contributed by atoms with van der Waals surface area (Å²) in [5, 5.41) is -0.0138. The number of pyridine rings is 1. The van der Waals surface area contributed by atoms with E-state index in [-0.39, 0.29) is 15.9 Å². The molecule has 0 aliphatic rings. The Morgan fingerprint density at radius 3 is 2.04 bits per heavy atom. The lowest BCUT2D eigenvalue weighted by molar-refractivity contribution is 0.592. The van der Waals surface area contributed by atoms with E-state index in [4.69, 9.17) is 5.73 Å². The third kappa shape index (κ3) is 3.35. The first-order valence-corrected chi connectivity index (χ1v) is 9.98. The topological polar surface area (TPSA) is 98.8 Å². The second-order valence-corrected chi connectivity index (χ2v) is 7.95. The van der Waals surface area contributed by atoms with E-state index in [1.54, 1.807) is 42.6 Å². The molecule has 28 heavy (non-hydrogen) atoms. The molecule has 0 radical (unpaired) electrons. The molecule has 0 aliphatic carbocycles. The van der Waals surface area contributed by atoms with Crippen molar-refractivity contribution in [3.63, 3.8) is 0 Å². The summed E-state index contributed by atoms with van der Waals surface area (Å²) in [4.78, 5) is 12.8. The summed E-state index contributed by atoms with van der Waals surface area (Å²) in [5.41, 5.74) is 8.73. The molecule has 2 N–H and O–H groups in total. The van der Waals surface area contributed by atoms with Gasteiger partial charge in [-0.25, -0.2) is 23.4 Å². The molecule has 6 nitrogen and oxygen atoms in total. The van der Waals surface area contributed by atoms with Gasteiger partial charge in [0.2, 0.25) is 15.8 Å². The van der Waals surface area contributed by atoms with Gasteiger partial charge in [0.05, 0.1) is 10.6 Å². The quantitative estimate of drug-likeness (QED) is 0.573. The Hall–Kier alpha value is -3.58. The van der Waals surface area contributed by atoms with Crippen molar-refractivity contribution in [1.29, 1.82) is 0 Å². The van der Waals surface area contributed by atoms with Crippen molar-refractivity contribution in [1.82, 2.24) is 15.0 Å². The molecule has 4 aromatic rings. The molecular weight excluding hydrogens is 372 g/mol. The number of nitrogen functional groups attached to an aromatic ring is 1. The normalized spacial score (nSPS) is 11.3. The molecule has 0 bridgehead atoms. The van der Waals surface area contributed by atoms with Crippen LogP contribution in [0.3, 0.4) is 0 Å². The van der Waals surface area contributed by atoms with Gasteiger partial charge >= 0.3 is 0 Å². The first-order chi connectivity index (χ1) is 13.6. The predicted octanol–water partition coefficient (Wildman–Crippen LogP) is 3.62. The largest absolute Gasteiger partial charge is 0.368 e. The Morgan fingerprint density at radius 2 is 1.39 bits per heavy atom. The Bertz CT molecular complexity index is 1210. The van der Waals surface area contributed by atoms with Crippen LogP contribution in [0, 0.1) is 0 Å². The third-order valence-electron chi connectivity index (χ3n) is 4.23. The first kappa shape index (κ1) is 17.8. The highest BCUT2D eigenvalue weighted by atomic mass is 32.2. The Kier molecular flexibility index (Phi) is 4.58. The summed E-state index contributed by atoms with van der Waals surface area (Å²) in [6, 6.07) is 21.0. The molecule has 0 amide bonds. The second-order valence-electron chi connectivity index (χ2n) is 6.06. The van der Waals surface area contributed by atoms with Gasteiger partial charge in [-0.05, 0) is 24.3 Å². The van der Waals surface area contributed by atoms with Crippen LogP contribution in [0.4, 0.5) is 5.95 Å². The molecule has 7 heteroatoms. The summed E-state index contributed by atoms with van der Waals surface area (Å²) in [6.45, 7) is 0. The zero-order valence-electron chi connectivity index (χ0n) is 14.7. The van der Waals surface area contributed by atoms with E-state index in [2.05, 4.69) is 15.0 Å². The Morgan fingerprint density at radius 1 is 0.714 bits per heavy atom. The summed E-state index contributed by atoms with van der Waals surface area (Å²) < 4.78 is 25.4. The molecule has 0 spiro atoms. The highest BCUT2D eigenvalue weighted by Gasteiger charge is 2.19. The van der Waals surface area contributed by atoms with Crippen LogP contribution in [-0.4, -0.2) is 23.4 Å². The summed E-state index contributed by atoms with van der Waals surface area (Å²) in [6.07, 6.45) is 3.13. The van der Waals surface area contributed by atoms with Crippen molar-refractivity contribution in [3.8, 4) is 22.4 Å². The minimum Gasteiger partial charge on any atom is -0.368 e. The van der Waals surface area contributed by atoms with Crippen LogP contribution in [0.2, 0.25) is 0 Å². The highest BCUT2D eigenvalue weighted by molar-refractivity contribution is 7.91. The van der Waals surface area contributed by atoms with Crippen LogP contribution < -0.4 is 5.73 Å². The molecule has 2 aromatic carbocycles. The van der Waals surface area contributed by atoms with E-state index >= 15 is 0 Å². The minimum absolute atomic E-state index is 0.0138. The number of hydrogen-bond acceptors (Lipinski definition) is 6. The molecular formula is C21H16N4O2S. The van der Waals surface area contributed by atoms with Gasteiger partial charge in [-0.3, -0.25) is 0 Å². The molecule has 0 unspecified atom stereocenters. The van der Waals surface area contributed by atoms with Gasteiger partial charge < -0.3 is 5.73 Å². The van der Waals surface area contributed by atoms with Gasteiger partial charge in [-0.1, -0.05) is 48.5 Å². The monoisotopic (exact) mass is 388 g/mol. The minimum atomic E-state index is -3.67. The lowest BCUT2D eigenvalue weighted by Gasteiger charge is -2.10. The molecule has 0 atom stereocenters. The van der Waals surface area contributed by atoms with E-state index in [0.29, 0.717) is 11.3 Å². The van der Waals surface area contributed by atoms with Gasteiger partial charge in [-0.15, -0.1) is 0 Å². The predicted molar refractivity (Wildman–Crippen MR) is 107 cm³/mol. The standard InChI is InChI=1S/C21H16N4O2S/c22-21-24-14-18(20(25-21)15-7-3-1-4-8-15)16-11-12-19(23-13-16)28(26,27)17-9-5-2-6-10-17/h1-14H,(H2,22,24,25). The summed E-state index contributed by atoms with van der Waals surface area (Å²) >= 11 is 0. The molecule has 0 saturated heterocycles. The maximum absolute atomic E-state index is 12.7. The van der Waals surface area contributed by atoms with Crippen molar-refractivity contribution in [2.24, 2.45) is 0 Å². The molecule has 0 fully saturated rings. The second kappa shape index (κ2) is 7.21. The number of hydrogen-bond donors (Lipinski definition) is 1. The van der Waals surface area contributed by atoms with Crippen molar-refractivity contribution < 1.29 is 8.42 Å². The van der Waals surface area contributed by atoms with Gasteiger partial charge in [0.15, 0.2) is 5.03 Å². The van der Waals surface area contributed by atoms with E-state index in [1.807, 2.05) is 30.3 Å². The third-order valence-corrected chi connectivity index (χ3v) is 5.92. The fourth-order valence-electron chi connectivity index (χ4n) is 2.84. The van der Waals surface area contributed by atoms with Crippen LogP contribution in [0.15, 0.2) is 95.1 Å². The molecule has 2 aromatic heterocycles. The average Bonchev–Trinajstić information content (AvgIpc) is 2.75. The zero-order chi connectivity index (χ0) is 19.6. The van der Waals surface area contributed by atoms with Gasteiger partial charge in [-0.2, -0.15) is 0 Å². The maximum atomic E-state index is 12.7. The van der Waals surface area contributed by atoms with Crippen molar-refractivity contribution in [3.05, 3.63) is 85.2 Å². The van der Waals surface area contributed by atoms with E-state index in [0.717, 1.165) is 11.1 Å². The Balaban J connectivity index is 1.77. The highest BCUT2D eigenvalue weighted by Crippen LogP contribution is 2.30. The lowest BCUT2D eigenvalue weighted by atomic mass is 10.0. The Labute approximate surface area is 162 Å². The van der Waals surface area contributed by atoms with Crippen LogP contribution in [0.25, 0.3) is 22.4 Å². The lowest BCUT2D eigenvalue weighted by Crippen LogP contribution is -2.04. The number of nitrogens with zero attached hydrogens (tertiary/aromatic N) is 3. The van der Waals surface area contributed by atoms with Crippen LogP contribution >= 0.6 is 0 Å². The number of aromatic nitrogens is 3. The van der Waals surface area contributed by atoms with Crippen LogP contribution in [-0.2, 0) is 9.84 Å². The maximum Gasteiger partial charge on any atom is 0.223 e. The smallest absolute Gasteiger partial charge is 0.223 e. The van der Waals surface area contributed by atoms with Crippen molar-refractivity contribution in [2.45, 2.75) is 9.92 Å². The number of nitrogens with two attached hydrogens (primary N) is 1. The number of rotatable bonds is 4. The number of anilines is 1. The number of sulfone groups is 1. The fourth-order valence-corrected chi connectivity index (χ4v) is 4.04. The molecule has 0 saturated carbocycles. The van der Waals surface area contributed by atoms with Crippen molar-refractivity contribution in [2.75, 3.05) is 5.73 Å². The van der Waals surface area contributed by atoms with Gasteiger partial charge in [0.1, 0.15) is 0 Å². The van der Waals surface area contributed by atoms with Crippen LogP contribution in [0.5, 0.6) is 0 Å². The average molecular weight is 388 g/mol. The first-order valence-electron chi connectivity index (χ1n) is 8.50. The van der Waals surface area contributed by atoms with Crippen LogP contribution in [0.1, 0.15) is 0 Å². The van der Waals surface area contributed by atoms with E-state index < -0.39 is 9.84 Å². The molecule has 138 valence electrons.